The molecule has 2 rings (SSSR count). The summed E-state index contributed by atoms with van der Waals surface area (Å²) < 4.78 is 0. The lowest BCUT2D eigenvalue weighted by Gasteiger charge is -2.01. The van der Waals surface area contributed by atoms with E-state index in [2.05, 4.69) is 9.97 Å². The Bertz CT molecular complexity index is 494. The molecule has 1 aromatic carbocycles. The molecule has 0 aliphatic carbocycles. The maximum Gasteiger partial charge on any atom is 0.168 e. The molecule has 0 spiro atoms. The number of carbonyl (C=O) groups excluding carboxylic acids is 1. The summed E-state index contributed by atoms with van der Waals surface area (Å²) in [5, 5.41) is 0. The molecule has 16 heavy (non-hydrogen) atoms. The van der Waals surface area contributed by atoms with Gasteiger partial charge in [0.15, 0.2) is 5.78 Å². The number of ketones is 1. The van der Waals surface area contributed by atoms with Crippen molar-refractivity contribution in [2.75, 3.05) is 0 Å². The van der Waals surface area contributed by atoms with E-state index in [1.807, 2.05) is 31.2 Å². The van der Waals surface area contributed by atoms with Gasteiger partial charge >= 0.3 is 0 Å². The van der Waals surface area contributed by atoms with Crippen molar-refractivity contribution in [3.8, 4) is 0 Å². The van der Waals surface area contributed by atoms with Gasteiger partial charge in [-0.25, -0.2) is 0 Å². The van der Waals surface area contributed by atoms with Crippen molar-refractivity contribution < 1.29 is 4.79 Å². The van der Waals surface area contributed by atoms with Gasteiger partial charge in [-0.3, -0.25) is 14.8 Å². The first-order valence-electron chi connectivity index (χ1n) is 5.10. The van der Waals surface area contributed by atoms with E-state index >= 15 is 0 Å². The average Bonchev–Trinajstić information content (AvgIpc) is 2.30. The van der Waals surface area contributed by atoms with E-state index in [1.165, 1.54) is 0 Å². The Morgan fingerprint density at radius 1 is 1.31 bits per heavy atom. The Hall–Kier alpha value is -2.03. The number of aromatic nitrogens is 2. The smallest absolute Gasteiger partial charge is 0.168 e. The summed E-state index contributed by atoms with van der Waals surface area (Å²) >= 11 is 0. The number of carbonyl (C=O) groups is 1. The molecule has 0 radical (unpaired) electrons. The van der Waals surface area contributed by atoms with Gasteiger partial charge in [-0.1, -0.05) is 23.8 Å². The molecule has 0 amide bonds. The highest BCUT2D eigenvalue weighted by Crippen LogP contribution is 2.07. The Kier molecular flexibility index (Phi) is 3.05. The summed E-state index contributed by atoms with van der Waals surface area (Å²) in [5.41, 5.74) is 2.52. The molecule has 0 N–H and O–H groups in total. The third-order valence-electron chi connectivity index (χ3n) is 2.30. The average molecular weight is 212 g/mol. The molecule has 0 aliphatic heterocycles. The van der Waals surface area contributed by atoms with Gasteiger partial charge in [-0.2, -0.15) is 0 Å². The van der Waals surface area contributed by atoms with Crippen LogP contribution < -0.4 is 0 Å². The van der Waals surface area contributed by atoms with Gasteiger partial charge in [0.05, 0.1) is 12.1 Å². The molecule has 2 aromatic rings. The van der Waals surface area contributed by atoms with E-state index in [0.717, 1.165) is 11.1 Å². The van der Waals surface area contributed by atoms with Crippen molar-refractivity contribution in [3.63, 3.8) is 0 Å². The third-order valence-corrected chi connectivity index (χ3v) is 2.30. The van der Waals surface area contributed by atoms with E-state index < -0.39 is 0 Å². The first kappa shape index (κ1) is 10.5. The number of rotatable bonds is 3. The molecule has 0 saturated heterocycles. The fourth-order valence-electron chi connectivity index (χ4n) is 1.51. The normalized spacial score (nSPS) is 10.1. The van der Waals surface area contributed by atoms with Gasteiger partial charge in [0, 0.05) is 24.2 Å². The van der Waals surface area contributed by atoms with Crippen LogP contribution in [0.25, 0.3) is 0 Å². The number of benzene rings is 1. The topological polar surface area (TPSA) is 42.9 Å². The Balaban J connectivity index is 2.15. The van der Waals surface area contributed by atoms with Crippen LogP contribution in [-0.4, -0.2) is 15.8 Å². The lowest BCUT2D eigenvalue weighted by Crippen LogP contribution is -2.05. The quantitative estimate of drug-likeness (QED) is 0.732. The zero-order chi connectivity index (χ0) is 11.4. The molecule has 0 fully saturated rings. The van der Waals surface area contributed by atoms with Gasteiger partial charge in [0.1, 0.15) is 0 Å². The van der Waals surface area contributed by atoms with Crippen molar-refractivity contribution in [1.82, 2.24) is 9.97 Å². The van der Waals surface area contributed by atoms with Crippen LogP contribution in [0.1, 0.15) is 21.6 Å². The lowest BCUT2D eigenvalue weighted by molar-refractivity contribution is 0.0991. The van der Waals surface area contributed by atoms with Crippen LogP contribution in [0, 0.1) is 6.92 Å². The van der Waals surface area contributed by atoms with Crippen molar-refractivity contribution in [1.29, 1.82) is 0 Å². The fourth-order valence-corrected chi connectivity index (χ4v) is 1.51. The lowest BCUT2D eigenvalue weighted by atomic mass is 10.0. The van der Waals surface area contributed by atoms with E-state index in [0.29, 0.717) is 12.1 Å². The number of hydrogen-bond acceptors (Lipinski definition) is 3. The summed E-state index contributed by atoms with van der Waals surface area (Å²) in [6, 6.07) is 7.57. The van der Waals surface area contributed by atoms with Gasteiger partial charge < -0.3 is 0 Å². The largest absolute Gasteiger partial charge is 0.294 e. The fraction of sp³-hybridized carbons (Fsp3) is 0.154. The molecule has 0 atom stereocenters. The highest BCUT2D eigenvalue weighted by molar-refractivity contribution is 5.97. The maximum atomic E-state index is 11.9. The molecule has 1 aromatic heterocycles. The first-order valence-corrected chi connectivity index (χ1v) is 5.10. The maximum absolute atomic E-state index is 11.9. The highest BCUT2D eigenvalue weighted by Gasteiger charge is 2.07. The number of aryl methyl sites for hydroxylation is 1. The van der Waals surface area contributed by atoms with E-state index in [4.69, 9.17) is 0 Å². The summed E-state index contributed by atoms with van der Waals surface area (Å²) in [6.45, 7) is 1.97. The predicted molar refractivity (Wildman–Crippen MR) is 61.2 cm³/mol. The molecule has 0 saturated carbocycles. The van der Waals surface area contributed by atoms with Gasteiger partial charge in [-0.05, 0) is 13.0 Å². The highest BCUT2D eigenvalue weighted by atomic mass is 16.1. The molecule has 0 bridgehead atoms. The van der Waals surface area contributed by atoms with Crippen LogP contribution in [-0.2, 0) is 6.42 Å². The second kappa shape index (κ2) is 4.66. The first-order chi connectivity index (χ1) is 7.75. The van der Waals surface area contributed by atoms with Crippen LogP contribution in [0.5, 0.6) is 0 Å². The van der Waals surface area contributed by atoms with Crippen molar-refractivity contribution >= 4 is 5.78 Å². The minimum Gasteiger partial charge on any atom is -0.294 e. The molecular formula is C13H12N2O. The second-order valence-corrected chi connectivity index (χ2v) is 3.67. The number of hydrogen-bond donors (Lipinski definition) is 0. The Morgan fingerprint density at radius 2 is 2.19 bits per heavy atom. The Labute approximate surface area is 94.2 Å². The number of nitrogens with zero attached hydrogens (tertiary/aromatic N) is 2. The SMILES string of the molecule is Cc1cccc(C(=O)Cc2cnccn2)c1. The van der Waals surface area contributed by atoms with E-state index in [9.17, 15) is 4.79 Å². The van der Waals surface area contributed by atoms with Crippen LogP contribution >= 0.6 is 0 Å². The van der Waals surface area contributed by atoms with E-state index in [-0.39, 0.29) is 5.78 Å². The molecule has 3 nitrogen and oxygen atoms in total. The van der Waals surface area contributed by atoms with Gasteiger partial charge in [0.2, 0.25) is 0 Å². The summed E-state index contributed by atoms with van der Waals surface area (Å²) in [5.74, 6) is 0.0733. The number of Topliss-reactive ketones (excluding diaryl/α,β-unsaturated/α-hetero) is 1. The zero-order valence-electron chi connectivity index (χ0n) is 9.05. The molecule has 80 valence electrons. The van der Waals surface area contributed by atoms with Gasteiger partial charge in [-0.15, -0.1) is 0 Å². The Morgan fingerprint density at radius 3 is 2.88 bits per heavy atom. The molecule has 0 unspecified atom stereocenters. The molecule has 0 aliphatic rings. The van der Waals surface area contributed by atoms with Crippen molar-refractivity contribution in [3.05, 3.63) is 59.7 Å². The summed E-state index contributed by atoms with van der Waals surface area (Å²) in [6.07, 6.45) is 5.12. The van der Waals surface area contributed by atoms with Crippen LogP contribution in [0.4, 0.5) is 0 Å². The molecule has 1 heterocycles. The third kappa shape index (κ3) is 2.51. The van der Waals surface area contributed by atoms with Crippen molar-refractivity contribution in [2.45, 2.75) is 13.3 Å². The van der Waals surface area contributed by atoms with E-state index in [1.54, 1.807) is 18.6 Å². The summed E-state index contributed by atoms with van der Waals surface area (Å²) in [4.78, 5) is 19.9. The molecule has 3 heteroatoms. The van der Waals surface area contributed by atoms with Crippen LogP contribution in [0.15, 0.2) is 42.9 Å². The monoisotopic (exact) mass is 212 g/mol. The predicted octanol–water partition coefficient (Wildman–Crippen LogP) is 2.21. The summed E-state index contributed by atoms with van der Waals surface area (Å²) in [7, 11) is 0. The van der Waals surface area contributed by atoms with Crippen LogP contribution in [0.2, 0.25) is 0 Å². The minimum absolute atomic E-state index is 0.0733. The minimum atomic E-state index is 0.0733. The molecular weight excluding hydrogens is 200 g/mol. The zero-order valence-corrected chi connectivity index (χ0v) is 9.05. The van der Waals surface area contributed by atoms with Gasteiger partial charge in [0.25, 0.3) is 0 Å². The second-order valence-electron chi connectivity index (χ2n) is 3.67. The standard InChI is InChI=1S/C13H12N2O/c1-10-3-2-4-11(7-10)13(16)8-12-9-14-5-6-15-12/h2-7,9H,8H2,1H3. The van der Waals surface area contributed by atoms with Crippen molar-refractivity contribution in [2.24, 2.45) is 0 Å². The van der Waals surface area contributed by atoms with Crippen LogP contribution in [0.3, 0.4) is 0 Å².